The van der Waals surface area contributed by atoms with Crippen LogP contribution in [-0.4, -0.2) is 39.7 Å². The molecule has 0 fully saturated rings. The van der Waals surface area contributed by atoms with E-state index in [1.807, 2.05) is 0 Å². The lowest BCUT2D eigenvalue weighted by Crippen LogP contribution is -2.37. The van der Waals surface area contributed by atoms with Gasteiger partial charge in [-0.2, -0.15) is 0 Å². The number of hydrogen-bond donors (Lipinski definition) is 3. The highest BCUT2D eigenvalue weighted by molar-refractivity contribution is 5.84. The number of hydrogen-bond acceptors (Lipinski definition) is 3. The maximum atomic E-state index is 11.3. The number of carbonyl (C=O) groups is 2. The Hall–Kier alpha value is -2.49. The first-order chi connectivity index (χ1) is 9.13. The topological polar surface area (TPSA) is 96.3 Å². The molecule has 0 radical (unpaired) electrons. The molecule has 0 spiro atoms. The van der Waals surface area contributed by atoms with Crippen LogP contribution in [0, 0.1) is 12.3 Å². The molecule has 0 aliphatic carbocycles. The van der Waals surface area contributed by atoms with Crippen molar-refractivity contribution in [1.29, 1.82) is 0 Å². The van der Waals surface area contributed by atoms with E-state index in [0.717, 1.165) is 6.42 Å². The molecule has 1 aromatic heterocycles. The van der Waals surface area contributed by atoms with E-state index in [1.54, 1.807) is 4.57 Å². The first-order valence-corrected chi connectivity index (χ1v) is 5.83. The van der Waals surface area contributed by atoms with Crippen molar-refractivity contribution < 1.29 is 14.7 Å². The van der Waals surface area contributed by atoms with Crippen LogP contribution in [0.25, 0.3) is 0 Å². The molecule has 0 aliphatic rings. The Kier molecular flexibility index (Phi) is 5.95. The lowest BCUT2D eigenvalue weighted by molar-refractivity contribution is 0.0691. The fourth-order valence-corrected chi connectivity index (χ4v) is 1.35. The van der Waals surface area contributed by atoms with Crippen molar-refractivity contribution in [3.05, 3.63) is 18.2 Å². The largest absolute Gasteiger partial charge is 0.476 e. The van der Waals surface area contributed by atoms with Gasteiger partial charge in [0.2, 0.25) is 0 Å². The molecule has 0 atom stereocenters. The molecule has 2 amide bonds. The lowest BCUT2D eigenvalue weighted by atomic mass is 10.3. The van der Waals surface area contributed by atoms with Crippen LogP contribution in [0.2, 0.25) is 0 Å². The number of imidazole rings is 1. The van der Waals surface area contributed by atoms with Gasteiger partial charge >= 0.3 is 12.0 Å². The monoisotopic (exact) mass is 264 g/mol. The number of carbonyl (C=O) groups excluding carboxylic acids is 1. The molecule has 0 bridgehead atoms. The second kappa shape index (κ2) is 7.76. The number of urea groups is 1. The Morgan fingerprint density at radius 2 is 2.16 bits per heavy atom. The Labute approximate surface area is 111 Å². The minimum absolute atomic E-state index is 0.0151. The minimum Gasteiger partial charge on any atom is -0.476 e. The van der Waals surface area contributed by atoms with Crippen molar-refractivity contribution in [2.75, 3.05) is 13.1 Å². The number of amides is 2. The summed E-state index contributed by atoms with van der Waals surface area (Å²) in [7, 11) is 0. The van der Waals surface area contributed by atoms with E-state index in [9.17, 15) is 9.59 Å². The van der Waals surface area contributed by atoms with Gasteiger partial charge < -0.3 is 20.3 Å². The molecule has 1 rings (SSSR count). The number of rotatable bonds is 7. The van der Waals surface area contributed by atoms with E-state index in [0.29, 0.717) is 26.1 Å². The number of terminal acetylenes is 1. The smallest absolute Gasteiger partial charge is 0.356 e. The Morgan fingerprint density at radius 1 is 1.42 bits per heavy atom. The van der Waals surface area contributed by atoms with Gasteiger partial charge in [0.1, 0.15) is 0 Å². The van der Waals surface area contributed by atoms with Crippen molar-refractivity contribution in [1.82, 2.24) is 20.2 Å². The second-order valence-corrected chi connectivity index (χ2v) is 3.79. The molecule has 1 heterocycles. The standard InChI is InChI=1S/C12H16N4O3/c1-2-3-4-5-13-12(19)14-6-7-16-8-10(11(17)18)15-9-16/h1,8-9H,3-7H2,(H,17,18)(H2,13,14,19). The zero-order valence-electron chi connectivity index (χ0n) is 10.4. The van der Waals surface area contributed by atoms with Crippen molar-refractivity contribution >= 4 is 12.0 Å². The molecule has 0 aliphatic heterocycles. The third-order valence-corrected chi connectivity index (χ3v) is 2.29. The van der Waals surface area contributed by atoms with Crippen molar-refractivity contribution in [2.45, 2.75) is 19.4 Å². The SMILES string of the molecule is C#CCCCNC(=O)NCCn1cnc(C(=O)O)c1. The molecular weight excluding hydrogens is 248 g/mol. The predicted molar refractivity (Wildman–Crippen MR) is 68.7 cm³/mol. The van der Waals surface area contributed by atoms with Gasteiger partial charge in [-0.25, -0.2) is 14.6 Å². The van der Waals surface area contributed by atoms with E-state index in [1.165, 1.54) is 12.5 Å². The van der Waals surface area contributed by atoms with Crippen LogP contribution in [0.15, 0.2) is 12.5 Å². The van der Waals surface area contributed by atoms with Crippen LogP contribution in [-0.2, 0) is 6.54 Å². The first kappa shape index (κ1) is 14.6. The number of carboxylic acid groups (broad SMARTS) is 1. The molecule has 3 N–H and O–H groups in total. The highest BCUT2D eigenvalue weighted by Gasteiger charge is 2.06. The van der Waals surface area contributed by atoms with E-state index < -0.39 is 5.97 Å². The molecule has 0 saturated carbocycles. The average Bonchev–Trinajstić information content (AvgIpc) is 2.84. The fourth-order valence-electron chi connectivity index (χ4n) is 1.35. The van der Waals surface area contributed by atoms with Gasteiger partial charge in [0.25, 0.3) is 0 Å². The molecule has 19 heavy (non-hydrogen) atoms. The molecule has 1 aromatic rings. The van der Waals surface area contributed by atoms with Crippen LogP contribution < -0.4 is 10.6 Å². The summed E-state index contributed by atoms with van der Waals surface area (Å²) in [5.74, 6) is 1.42. The Balaban J connectivity index is 2.17. The van der Waals surface area contributed by atoms with E-state index in [4.69, 9.17) is 11.5 Å². The first-order valence-electron chi connectivity index (χ1n) is 5.83. The van der Waals surface area contributed by atoms with Gasteiger partial charge in [-0.05, 0) is 6.42 Å². The molecule has 0 aromatic carbocycles. The zero-order valence-corrected chi connectivity index (χ0v) is 10.4. The van der Waals surface area contributed by atoms with Crippen LogP contribution in [0.4, 0.5) is 4.79 Å². The van der Waals surface area contributed by atoms with Crippen LogP contribution in [0.5, 0.6) is 0 Å². The van der Waals surface area contributed by atoms with E-state index in [2.05, 4.69) is 21.5 Å². The summed E-state index contributed by atoms with van der Waals surface area (Å²) in [6.45, 7) is 1.37. The summed E-state index contributed by atoms with van der Waals surface area (Å²) < 4.78 is 1.60. The van der Waals surface area contributed by atoms with E-state index >= 15 is 0 Å². The molecular formula is C12H16N4O3. The number of nitrogens with zero attached hydrogens (tertiary/aromatic N) is 2. The summed E-state index contributed by atoms with van der Waals surface area (Å²) in [5, 5.41) is 14.0. The summed E-state index contributed by atoms with van der Waals surface area (Å²) in [4.78, 5) is 25.6. The second-order valence-electron chi connectivity index (χ2n) is 3.79. The number of unbranched alkanes of at least 4 members (excludes halogenated alkanes) is 1. The van der Waals surface area contributed by atoms with Crippen LogP contribution in [0.3, 0.4) is 0 Å². The molecule has 0 saturated heterocycles. The van der Waals surface area contributed by atoms with Crippen LogP contribution >= 0.6 is 0 Å². The summed E-state index contributed by atoms with van der Waals surface area (Å²) >= 11 is 0. The van der Waals surface area contributed by atoms with Gasteiger partial charge in [0.05, 0.1) is 6.33 Å². The van der Waals surface area contributed by atoms with Crippen LogP contribution in [0.1, 0.15) is 23.3 Å². The van der Waals surface area contributed by atoms with Crippen molar-refractivity contribution in [3.63, 3.8) is 0 Å². The summed E-state index contributed by atoms with van der Waals surface area (Å²) in [6.07, 6.45) is 9.28. The lowest BCUT2D eigenvalue weighted by Gasteiger charge is -2.07. The van der Waals surface area contributed by atoms with Crippen molar-refractivity contribution in [2.24, 2.45) is 0 Å². The normalized spacial score (nSPS) is 9.63. The molecule has 7 nitrogen and oxygen atoms in total. The quantitative estimate of drug-likeness (QED) is 0.487. The average molecular weight is 264 g/mol. The fraction of sp³-hybridized carbons (Fsp3) is 0.417. The zero-order chi connectivity index (χ0) is 14.1. The third kappa shape index (κ3) is 5.59. The maximum Gasteiger partial charge on any atom is 0.356 e. The number of carboxylic acids is 1. The third-order valence-electron chi connectivity index (χ3n) is 2.29. The van der Waals surface area contributed by atoms with Crippen molar-refractivity contribution in [3.8, 4) is 12.3 Å². The maximum absolute atomic E-state index is 11.3. The molecule has 102 valence electrons. The van der Waals surface area contributed by atoms with Gasteiger partial charge in [-0.15, -0.1) is 12.3 Å². The molecule has 0 unspecified atom stereocenters. The van der Waals surface area contributed by atoms with Gasteiger partial charge in [0, 0.05) is 32.3 Å². The highest BCUT2D eigenvalue weighted by atomic mass is 16.4. The summed E-state index contributed by atoms with van der Waals surface area (Å²) in [6, 6.07) is -0.268. The molecule has 7 heteroatoms. The minimum atomic E-state index is -1.07. The predicted octanol–water partition coefficient (Wildman–Crippen LogP) is 0.294. The number of nitrogens with one attached hydrogen (secondary N) is 2. The Bertz CT molecular complexity index is 476. The van der Waals surface area contributed by atoms with Gasteiger partial charge in [0.15, 0.2) is 5.69 Å². The number of aromatic nitrogens is 2. The van der Waals surface area contributed by atoms with E-state index in [-0.39, 0.29) is 11.7 Å². The Morgan fingerprint density at radius 3 is 2.79 bits per heavy atom. The van der Waals surface area contributed by atoms with Gasteiger partial charge in [-0.1, -0.05) is 0 Å². The number of aromatic carboxylic acids is 1. The van der Waals surface area contributed by atoms with Gasteiger partial charge in [-0.3, -0.25) is 0 Å². The summed E-state index contributed by atoms with van der Waals surface area (Å²) in [5.41, 5.74) is -0.0151. The highest BCUT2D eigenvalue weighted by Crippen LogP contribution is 1.95.